The number of rotatable bonds is 4. The Kier molecular flexibility index (Phi) is 4.74. The van der Waals surface area contributed by atoms with Gasteiger partial charge in [-0.2, -0.15) is 0 Å². The van der Waals surface area contributed by atoms with E-state index < -0.39 is 0 Å². The molecule has 2 aromatic carbocycles. The third-order valence-corrected chi connectivity index (χ3v) is 6.41. The fraction of sp³-hybridized carbons (Fsp3) is 0.188. The number of fused-ring (bicyclic) bond motifs is 1. The monoisotopic (exact) mass is 424 g/mol. The first-order valence-electron chi connectivity index (χ1n) is 6.64. The van der Waals surface area contributed by atoms with Crippen LogP contribution in [0.2, 0.25) is 0 Å². The summed E-state index contributed by atoms with van der Waals surface area (Å²) >= 11 is 8.83. The van der Waals surface area contributed by atoms with Gasteiger partial charge in [0, 0.05) is 8.95 Å². The minimum Gasteiger partial charge on any atom is -0.311 e. The molecule has 2 nitrogen and oxygen atoms in total. The Hall–Kier alpha value is -0.750. The molecule has 0 aliphatic rings. The van der Waals surface area contributed by atoms with E-state index in [-0.39, 0.29) is 6.04 Å². The van der Waals surface area contributed by atoms with Crippen molar-refractivity contribution in [3.8, 4) is 0 Å². The van der Waals surface area contributed by atoms with Crippen molar-refractivity contribution >= 4 is 53.4 Å². The first kappa shape index (κ1) is 15.2. The highest BCUT2D eigenvalue weighted by atomic mass is 79.9. The van der Waals surface area contributed by atoms with Gasteiger partial charge in [-0.25, -0.2) is 4.98 Å². The van der Waals surface area contributed by atoms with E-state index in [1.807, 2.05) is 13.1 Å². The molecule has 0 spiro atoms. The van der Waals surface area contributed by atoms with Gasteiger partial charge in [0.15, 0.2) is 0 Å². The number of hydrogen-bond acceptors (Lipinski definition) is 3. The summed E-state index contributed by atoms with van der Waals surface area (Å²) in [6.45, 7) is 0. The Morgan fingerprint density at radius 2 is 1.95 bits per heavy atom. The van der Waals surface area contributed by atoms with Gasteiger partial charge < -0.3 is 5.32 Å². The zero-order valence-corrected chi connectivity index (χ0v) is 15.4. The van der Waals surface area contributed by atoms with Crippen LogP contribution in [0, 0.1) is 0 Å². The van der Waals surface area contributed by atoms with E-state index in [2.05, 4.69) is 73.6 Å². The maximum Gasteiger partial charge on any atom is 0.111 e. The Labute approximate surface area is 144 Å². The highest BCUT2D eigenvalue weighted by Crippen LogP contribution is 2.30. The van der Waals surface area contributed by atoms with Gasteiger partial charge in [0.05, 0.1) is 16.3 Å². The van der Waals surface area contributed by atoms with E-state index in [1.165, 1.54) is 10.3 Å². The van der Waals surface area contributed by atoms with Crippen LogP contribution in [-0.2, 0) is 6.42 Å². The molecule has 21 heavy (non-hydrogen) atoms. The second kappa shape index (κ2) is 6.57. The van der Waals surface area contributed by atoms with E-state index in [9.17, 15) is 0 Å². The summed E-state index contributed by atoms with van der Waals surface area (Å²) in [7, 11) is 1.99. The summed E-state index contributed by atoms with van der Waals surface area (Å²) < 4.78 is 3.40. The fourth-order valence-electron chi connectivity index (χ4n) is 2.25. The molecule has 0 aliphatic heterocycles. The van der Waals surface area contributed by atoms with Crippen LogP contribution in [0.5, 0.6) is 0 Å². The van der Waals surface area contributed by atoms with Crippen LogP contribution in [-0.4, -0.2) is 12.0 Å². The van der Waals surface area contributed by atoms with Crippen molar-refractivity contribution < 1.29 is 0 Å². The van der Waals surface area contributed by atoms with Gasteiger partial charge in [0.2, 0.25) is 0 Å². The standard InChI is InChI=1S/C16H14Br2N2S/c1-19-14(9-10-6-7-11(17)12(18)8-10)16-20-13-4-2-3-5-15(13)21-16/h2-8,14,19H,9H2,1H3. The Morgan fingerprint density at radius 1 is 1.14 bits per heavy atom. The van der Waals surface area contributed by atoms with Crippen LogP contribution in [0.3, 0.4) is 0 Å². The first-order chi connectivity index (χ1) is 10.2. The molecule has 1 unspecified atom stereocenters. The molecule has 1 heterocycles. The summed E-state index contributed by atoms with van der Waals surface area (Å²) in [5.74, 6) is 0. The molecular formula is C16H14Br2N2S. The molecule has 1 atom stereocenters. The molecule has 0 bridgehead atoms. The van der Waals surface area contributed by atoms with Crippen LogP contribution in [0.1, 0.15) is 16.6 Å². The van der Waals surface area contributed by atoms with Gasteiger partial charge in [0.25, 0.3) is 0 Å². The number of thiazole rings is 1. The van der Waals surface area contributed by atoms with Crippen LogP contribution >= 0.6 is 43.2 Å². The van der Waals surface area contributed by atoms with Gasteiger partial charge in [-0.15, -0.1) is 11.3 Å². The second-order valence-corrected chi connectivity index (χ2v) is 7.58. The summed E-state index contributed by atoms with van der Waals surface area (Å²) in [6, 6.07) is 14.9. The van der Waals surface area contributed by atoms with Crippen LogP contribution < -0.4 is 5.32 Å². The number of nitrogens with zero attached hydrogens (tertiary/aromatic N) is 1. The maximum absolute atomic E-state index is 4.76. The smallest absolute Gasteiger partial charge is 0.111 e. The summed E-state index contributed by atoms with van der Waals surface area (Å²) in [6.07, 6.45) is 0.919. The summed E-state index contributed by atoms with van der Waals surface area (Å²) in [4.78, 5) is 4.76. The van der Waals surface area contributed by atoms with Crippen molar-refractivity contribution in [1.82, 2.24) is 10.3 Å². The molecule has 0 saturated carbocycles. The zero-order chi connectivity index (χ0) is 14.8. The number of benzene rings is 2. The zero-order valence-electron chi connectivity index (χ0n) is 11.4. The second-order valence-electron chi connectivity index (χ2n) is 4.81. The molecule has 5 heteroatoms. The molecule has 0 amide bonds. The number of para-hydroxylation sites is 1. The third kappa shape index (κ3) is 3.37. The molecule has 0 aliphatic carbocycles. The predicted octanol–water partition coefficient (Wildman–Crippen LogP) is 5.32. The van der Waals surface area contributed by atoms with Crippen molar-refractivity contribution in [1.29, 1.82) is 0 Å². The van der Waals surface area contributed by atoms with Gasteiger partial charge in [0.1, 0.15) is 5.01 Å². The molecule has 0 fully saturated rings. The number of aromatic nitrogens is 1. The quantitative estimate of drug-likeness (QED) is 0.611. The maximum atomic E-state index is 4.76. The largest absolute Gasteiger partial charge is 0.311 e. The molecular weight excluding hydrogens is 412 g/mol. The van der Waals surface area contributed by atoms with Crippen molar-refractivity contribution in [3.63, 3.8) is 0 Å². The van der Waals surface area contributed by atoms with E-state index in [0.29, 0.717) is 0 Å². The van der Waals surface area contributed by atoms with E-state index in [1.54, 1.807) is 11.3 Å². The van der Waals surface area contributed by atoms with Gasteiger partial charge >= 0.3 is 0 Å². The summed E-state index contributed by atoms with van der Waals surface area (Å²) in [5.41, 5.74) is 2.36. The SMILES string of the molecule is CNC(Cc1ccc(Br)c(Br)c1)c1nc2ccccc2s1. The molecule has 0 radical (unpaired) electrons. The predicted molar refractivity (Wildman–Crippen MR) is 97.0 cm³/mol. The third-order valence-electron chi connectivity index (χ3n) is 3.38. The molecule has 1 aromatic heterocycles. The average molecular weight is 426 g/mol. The highest BCUT2D eigenvalue weighted by Gasteiger charge is 2.15. The van der Waals surface area contributed by atoms with Crippen LogP contribution in [0.25, 0.3) is 10.2 Å². The van der Waals surface area contributed by atoms with Crippen molar-refractivity contribution in [2.75, 3.05) is 7.05 Å². The topological polar surface area (TPSA) is 24.9 Å². The lowest BCUT2D eigenvalue weighted by Crippen LogP contribution is -2.18. The number of nitrogens with one attached hydrogen (secondary N) is 1. The Balaban J connectivity index is 1.88. The first-order valence-corrected chi connectivity index (χ1v) is 9.04. The van der Waals surface area contributed by atoms with Crippen LogP contribution in [0.15, 0.2) is 51.4 Å². The summed E-state index contributed by atoms with van der Waals surface area (Å²) in [5, 5.41) is 4.52. The number of hydrogen-bond donors (Lipinski definition) is 1. The molecule has 0 saturated heterocycles. The lowest BCUT2D eigenvalue weighted by Gasteiger charge is -2.14. The lowest BCUT2D eigenvalue weighted by atomic mass is 10.1. The molecule has 1 N–H and O–H groups in total. The Morgan fingerprint density at radius 3 is 2.67 bits per heavy atom. The van der Waals surface area contributed by atoms with Crippen molar-refractivity contribution in [3.05, 3.63) is 62.0 Å². The van der Waals surface area contributed by atoms with Crippen molar-refractivity contribution in [2.45, 2.75) is 12.5 Å². The minimum atomic E-state index is 0.232. The van der Waals surface area contributed by atoms with Gasteiger partial charge in [-0.05, 0) is 75.2 Å². The van der Waals surface area contributed by atoms with Crippen molar-refractivity contribution in [2.24, 2.45) is 0 Å². The molecule has 108 valence electrons. The Bertz CT molecular complexity index is 737. The number of likely N-dealkylation sites (N-methyl/N-ethyl adjacent to an activating group) is 1. The average Bonchev–Trinajstić information content (AvgIpc) is 2.92. The van der Waals surface area contributed by atoms with Crippen LogP contribution in [0.4, 0.5) is 0 Å². The lowest BCUT2D eigenvalue weighted by molar-refractivity contribution is 0.589. The fourth-order valence-corrected chi connectivity index (χ4v) is 4.00. The number of halogens is 2. The minimum absolute atomic E-state index is 0.232. The van der Waals surface area contributed by atoms with E-state index >= 15 is 0 Å². The molecule has 3 aromatic rings. The highest BCUT2D eigenvalue weighted by molar-refractivity contribution is 9.13. The van der Waals surface area contributed by atoms with Gasteiger partial charge in [-0.3, -0.25) is 0 Å². The van der Waals surface area contributed by atoms with E-state index in [0.717, 1.165) is 25.9 Å². The van der Waals surface area contributed by atoms with Gasteiger partial charge in [-0.1, -0.05) is 18.2 Å². The normalized spacial score (nSPS) is 12.7. The van der Waals surface area contributed by atoms with E-state index in [4.69, 9.17) is 4.98 Å². The molecule has 3 rings (SSSR count).